The number of hydrogen-bond donors (Lipinski definition) is 1. The third kappa shape index (κ3) is 4.45. The minimum atomic E-state index is -0.429. The maximum atomic E-state index is 12.3. The first-order chi connectivity index (χ1) is 14.1. The summed E-state index contributed by atoms with van der Waals surface area (Å²) < 4.78 is 7.11. The Kier molecular flexibility index (Phi) is 5.85. The Bertz CT molecular complexity index is 1050. The van der Waals surface area contributed by atoms with Crippen molar-refractivity contribution in [1.29, 1.82) is 0 Å². The van der Waals surface area contributed by atoms with Crippen molar-refractivity contribution in [3.63, 3.8) is 0 Å². The second kappa shape index (κ2) is 8.69. The number of nitrogens with one attached hydrogen (secondary N) is 1. The molecule has 29 heavy (non-hydrogen) atoms. The summed E-state index contributed by atoms with van der Waals surface area (Å²) in [5, 5.41) is 3.73. The standard InChI is InChI=1S/C22H23N3O3S/c1-25-19-12-5-4-10-18(19)24-22(25)29-14-21(27)28-13-20(26)23-17-11-6-8-15-7-2-3-9-16(15)17/h2-5,7,9-10,12,17H,6,8,11,13-14H2,1H3,(H,23,26)/t17-/m1/s1. The van der Waals surface area contributed by atoms with Gasteiger partial charge in [0, 0.05) is 7.05 Å². The van der Waals surface area contributed by atoms with E-state index in [1.807, 2.05) is 48.0 Å². The number of ether oxygens (including phenoxy) is 1. The number of rotatable bonds is 6. The summed E-state index contributed by atoms with van der Waals surface area (Å²) in [7, 11) is 1.92. The average Bonchev–Trinajstić information content (AvgIpc) is 3.07. The molecular weight excluding hydrogens is 386 g/mol. The van der Waals surface area contributed by atoms with Crippen molar-refractivity contribution in [1.82, 2.24) is 14.9 Å². The van der Waals surface area contributed by atoms with Crippen LogP contribution in [0.25, 0.3) is 11.0 Å². The number of aryl methyl sites for hydroxylation is 2. The molecule has 2 aromatic carbocycles. The van der Waals surface area contributed by atoms with Crippen LogP contribution in [0.3, 0.4) is 0 Å². The molecule has 7 heteroatoms. The Balaban J connectivity index is 1.26. The summed E-state index contributed by atoms with van der Waals surface area (Å²) in [6, 6.07) is 16.0. The summed E-state index contributed by atoms with van der Waals surface area (Å²) in [4.78, 5) is 28.9. The third-order valence-electron chi connectivity index (χ3n) is 5.13. The van der Waals surface area contributed by atoms with Crippen LogP contribution in [0, 0.1) is 0 Å². The van der Waals surface area contributed by atoms with E-state index in [-0.39, 0.29) is 24.3 Å². The smallest absolute Gasteiger partial charge is 0.316 e. The molecule has 4 rings (SSSR count). The Morgan fingerprint density at radius 3 is 2.86 bits per heavy atom. The molecule has 0 radical (unpaired) electrons. The molecule has 150 valence electrons. The number of thioether (sulfide) groups is 1. The topological polar surface area (TPSA) is 73.2 Å². The number of fused-ring (bicyclic) bond motifs is 2. The SMILES string of the molecule is Cn1c(SCC(=O)OCC(=O)N[C@@H]2CCCc3ccccc32)nc2ccccc21. The van der Waals surface area contributed by atoms with Crippen molar-refractivity contribution in [2.24, 2.45) is 7.05 Å². The van der Waals surface area contributed by atoms with Gasteiger partial charge in [0.15, 0.2) is 11.8 Å². The Hall–Kier alpha value is -2.80. The molecule has 0 aliphatic heterocycles. The normalized spacial score (nSPS) is 15.7. The van der Waals surface area contributed by atoms with Crippen molar-refractivity contribution >= 4 is 34.7 Å². The van der Waals surface area contributed by atoms with E-state index in [2.05, 4.69) is 22.4 Å². The molecule has 6 nitrogen and oxygen atoms in total. The lowest BCUT2D eigenvalue weighted by molar-refractivity contribution is -0.146. The van der Waals surface area contributed by atoms with Gasteiger partial charge in [0.1, 0.15) is 0 Å². The molecular formula is C22H23N3O3S. The predicted molar refractivity (Wildman–Crippen MR) is 113 cm³/mol. The van der Waals surface area contributed by atoms with Gasteiger partial charge in [-0.15, -0.1) is 0 Å². The predicted octanol–water partition coefficient (Wildman–Crippen LogP) is 3.40. The summed E-state index contributed by atoms with van der Waals surface area (Å²) in [6.45, 7) is -0.263. The highest BCUT2D eigenvalue weighted by atomic mass is 32.2. The van der Waals surface area contributed by atoms with E-state index in [0.717, 1.165) is 41.0 Å². The molecule has 1 N–H and O–H groups in total. The molecule has 1 aliphatic carbocycles. The molecule has 0 unspecified atom stereocenters. The molecule has 1 amide bonds. The van der Waals surface area contributed by atoms with Gasteiger partial charge in [0.25, 0.3) is 5.91 Å². The first-order valence-electron chi connectivity index (χ1n) is 9.69. The molecule has 0 bridgehead atoms. The molecule has 1 heterocycles. The molecule has 3 aromatic rings. The van der Waals surface area contributed by atoms with Gasteiger partial charge >= 0.3 is 5.97 Å². The van der Waals surface area contributed by atoms with Crippen LogP contribution in [-0.2, 0) is 27.8 Å². The number of carbonyl (C=O) groups is 2. The Labute approximate surface area is 173 Å². The first-order valence-corrected chi connectivity index (χ1v) is 10.7. The minimum absolute atomic E-state index is 0.0134. The zero-order valence-corrected chi connectivity index (χ0v) is 17.1. The molecule has 1 aromatic heterocycles. The Morgan fingerprint density at radius 2 is 2.00 bits per heavy atom. The number of aromatic nitrogens is 2. The minimum Gasteiger partial charge on any atom is -0.455 e. The molecule has 0 saturated carbocycles. The lowest BCUT2D eigenvalue weighted by atomic mass is 9.88. The van der Waals surface area contributed by atoms with E-state index >= 15 is 0 Å². The van der Waals surface area contributed by atoms with Crippen molar-refractivity contribution in [3.05, 3.63) is 59.7 Å². The van der Waals surface area contributed by atoms with Gasteiger partial charge in [0.2, 0.25) is 0 Å². The van der Waals surface area contributed by atoms with Crippen LogP contribution < -0.4 is 5.32 Å². The Morgan fingerprint density at radius 1 is 1.21 bits per heavy atom. The summed E-state index contributed by atoms with van der Waals surface area (Å²) in [5.74, 6) is -0.592. The second-order valence-electron chi connectivity index (χ2n) is 7.10. The van der Waals surface area contributed by atoms with Gasteiger partial charge < -0.3 is 14.6 Å². The van der Waals surface area contributed by atoms with Gasteiger partial charge in [-0.3, -0.25) is 9.59 Å². The average molecular weight is 410 g/mol. The fourth-order valence-electron chi connectivity index (χ4n) is 3.70. The molecule has 0 saturated heterocycles. The maximum Gasteiger partial charge on any atom is 0.316 e. The van der Waals surface area contributed by atoms with Crippen molar-refractivity contribution in [2.45, 2.75) is 30.5 Å². The number of benzene rings is 2. The third-order valence-corrected chi connectivity index (χ3v) is 6.14. The number of esters is 1. The summed E-state index contributed by atoms with van der Waals surface area (Å²) in [6.07, 6.45) is 2.98. The summed E-state index contributed by atoms with van der Waals surface area (Å²) >= 11 is 1.30. The number of amides is 1. The molecule has 1 atom stereocenters. The van der Waals surface area contributed by atoms with Crippen LogP contribution in [0.1, 0.15) is 30.0 Å². The van der Waals surface area contributed by atoms with E-state index in [9.17, 15) is 9.59 Å². The number of hydrogen-bond acceptors (Lipinski definition) is 5. The summed E-state index contributed by atoms with van der Waals surface area (Å²) in [5.41, 5.74) is 4.34. The number of para-hydroxylation sites is 2. The lowest BCUT2D eigenvalue weighted by Crippen LogP contribution is -2.34. The van der Waals surface area contributed by atoms with Gasteiger partial charge in [-0.05, 0) is 42.5 Å². The number of nitrogens with zero attached hydrogens (tertiary/aromatic N) is 2. The number of carbonyl (C=O) groups excluding carboxylic acids is 2. The van der Waals surface area contributed by atoms with Crippen LogP contribution in [0.15, 0.2) is 53.7 Å². The lowest BCUT2D eigenvalue weighted by Gasteiger charge is -2.26. The van der Waals surface area contributed by atoms with Crippen LogP contribution in [0.5, 0.6) is 0 Å². The van der Waals surface area contributed by atoms with Crippen LogP contribution in [-0.4, -0.2) is 33.8 Å². The zero-order chi connectivity index (χ0) is 20.2. The van der Waals surface area contributed by atoms with E-state index < -0.39 is 5.97 Å². The van der Waals surface area contributed by atoms with E-state index in [4.69, 9.17) is 4.74 Å². The zero-order valence-electron chi connectivity index (χ0n) is 16.3. The quantitative estimate of drug-likeness (QED) is 0.499. The highest BCUT2D eigenvalue weighted by Gasteiger charge is 2.22. The van der Waals surface area contributed by atoms with Crippen LogP contribution in [0.4, 0.5) is 0 Å². The van der Waals surface area contributed by atoms with Gasteiger partial charge in [0.05, 0.1) is 22.8 Å². The maximum absolute atomic E-state index is 12.3. The second-order valence-corrected chi connectivity index (χ2v) is 8.05. The van der Waals surface area contributed by atoms with Crippen molar-refractivity contribution in [2.75, 3.05) is 12.4 Å². The van der Waals surface area contributed by atoms with E-state index in [1.165, 1.54) is 17.3 Å². The molecule has 0 fully saturated rings. The van der Waals surface area contributed by atoms with E-state index in [0.29, 0.717) is 0 Å². The largest absolute Gasteiger partial charge is 0.455 e. The molecule has 0 spiro atoms. The van der Waals surface area contributed by atoms with Gasteiger partial charge in [-0.2, -0.15) is 0 Å². The van der Waals surface area contributed by atoms with Crippen molar-refractivity contribution < 1.29 is 14.3 Å². The van der Waals surface area contributed by atoms with Crippen molar-refractivity contribution in [3.8, 4) is 0 Å². The molecule has 1 aliphatic rings. The first kappa shape index (κ1) is 19.5. The fraction of sp³-hybridized carbons (Fsp3) is 0.318. The van der Waals surface area contributed by atoms with Gasteiger partial charge in [-0.1, -0.05) is 48.2 Å². The van der Waals surface area contributed by atoms with Gasteiger partial charge in [-0.25, -0.2) is 4.98 Å². The highest BCUT2D eigenvalue weighted by Crippen LogP contribution is 2.29. The highest BCUT2D eigenvalue weighted by molar-refractivity contribution is 7.99. The van der Waals surface area contributed by atoms with Crippen LogP contribution >= 0.6 is 11.8 Å². The van der Waals surface area contributed by atoms with E-state index in [1.54, 1.807) is 0 Å². The number of imidazole rings is 1. The fourth-order valence-corrected chi connectivity index (χ4v) is 4.49. The monoisotopic (exact) mass is 409 g/mol. The van der Waals surface area contributed by atoms with Crippen LogP contribution in [0.2, 0.25) is 0 Å².